The molecule has 0 unspecified atom stereocenters. The van der Waals surface area contributed by atoms with E-state index in [1.54, 1.807) is 24.3 Å². The third-order valence-electron chi connectivity index (χ3n) is 8.90. The lowest BCUT2D eigenvalue weighted by Gasteiger charge is -2.57. The Balaban J connectivity index is 1.24. The Morgan fingerprint density at radius 2 is 1.79 bits per heavy atom. The van der Waals surface area contributed by atoms with E-state index in [9.17, 15) is 14.4 Å². The minimum atomic E-state index is -0.467. The number of hydrogen-bond acceptors (Lipinski definition) is 5. The smallest absolute Gasteiger partial charge is 0.294 e. The van der Waals surface area contributed by atoms with Crippen LogP contribution >= 0.6 is 23.4 Å². The Labute approximate surface area is 238 Å². The maximum Gasteiger partial charge on any atom is 0.294 e. The molecule has 7 rings (SSSR count). The molecular formula is C31H33ClN2O4S. The number of amides is 3. The summed E-state index contributed by atoms with van der Waals surface area (Å²) in [5.41, 5.74) is 3.74. The van der Waals surface area contributed by atoms with Crippen molar-refractivity contribution in [3.63, 3.8) is 0 Å². The van der Waals surface area contributed by atoms with E-state index in [0.717, 1.165) is 45.5 Å². The van der Waals surface area contributed by atoms with E-state index in [0.29, 0.717) is 28.0 Å². The lowest BCUT2D eigenvalue weighted by atomic mass is 9.48. The highest BCUT2D eigenvalue weighted by atomic mass is 35.5. The monoisotopic (exact) mass is 564 g/mol. The zero-order chi connectivity index (χ0) is 27.3. The average molecular weight is 565 g/mol. The van der Waals surface area contributed by atoms with Gasteiger partial charge in [0.05, 0.1) is 11.5 Å². The first kappa shape index (κ1) is 26.5. The number of benzene rings is 2. The number of nitrogens with one attached hydrogen (secondary N) is 1. The zero-order valence-electron chi connectivity index (χ0n) is 22.3. The SMILES string of the molecule is CCOc1ccc(C23CC4CC(CC(C4)C2)C3)cc1/C=C1/SC(=O)N(CC(=O)Nc2cc(Cl)ccc2C)C1=O. The first-order chi connectivity index (χ1) is 18.7. The Bertz CT molecular complexity index is 1350. The summed E-state index contributed by atoms with van der Waals surface area (Å²) in [6, 6.07) is 11.6. The molecule has 6 nitrogen and oxygen atoms in total. The van der Waals surface area contributed by atoms with Gasteiger partial charge in [-0.15, -0.1) is 0 Å². The number of nitrogens with zero attached hydrogens (tertiary/aromatic N) is 1. The summed E-state index contributed by atoms with van der Waals surface area (Å²) in [7, 11) is 0. The van der Waals surface area contributed by atoms with Gasteiger partial charge in [0.25, 0.3) is 11.1 Å². The molecule has 4 bridgehead atoms. The number of hydrogen-bond donors (Lipinski definition) is 1. The van der Waals surface area contributed by atoms with Crippen molar-refractivity contribution in [2.75, 3.05) is 18.5 Å². The summed E-state index contributed by atoms with van der Waals surface area (Å²) in [5, 5.41) is 2.79. The van der Waals surface area contributed by atoms with Crippen LogP contribution in [-0.4, -0.2) is 35.1 Å². The molecule has 5 aliphatic rings. The van der Waals surface area contributed by atoms with Gasteiger partial charge in [0.2, 0.25) is 5.91 Å². The number of ether oxygens (including phenoxy) is 1. The highest BCUT2D eigenvalue weighted by molar-refractivity contribution is 8.18. The van der Waals surface area contributed by atoms with Crippen LogP contribution in [0.5, 0.6) is 5.75 Å². The number of anilines is 1. The van der Waals surface area contributed by atoms with E-state index in [1.165, 1.54) is 44.1 Å². The minimum Gasteiger partial charge on any atom is -0.493 e. The first-order valence-corrected chi connectivity index (χ1v) is 15.0. The van der Waals surface area contributed by atoms with E-state index in [2.05, 4.69) is 17.4 Å². The molecule has 0 spiro atoms. The fourth-order valence-electron chi connectivity index (χ4n) is 7.58. The number of rotatable bonds is 7. The molecule has 0 atom stereocenters. The molecule has 1 N–H and O–H groups in total. The minimum absolute atomic E-state index is 0.206. The van der Waals surface area contributed by atoms with Gasteiger partial charge in [-0.2, -0.15) is 0 Å². The molecule has 0 radical (unpaired) electrons. The van der Waals surface area contributed by atoms with Crippen molar-refractivity contribution >= 4 is 52.2 Å². The van der Waals surface area contributed by atoms with Crippen LogP contribution in [0, 0.1) is 24.7 Å². The van der Waals surface area contributed by atoms with Crippen molar-refractivity contribution in [3.8, 4) is 5.75 Å². The molecule has 5 fully saturated rings. The van der Waals surface area contributed by atoms with Gasteiger partial charge in [-0.1, -0.05) is 23.7 Å². The van der Waals surface area contributed by atoms with Crippen LogP contribution in [0.25, 0.3) is 6.08 Å². The normalized spacial score (nSPS) is 28.4. The number of carbonyl (C=O) groups excluding carboxylic acids is 3. The van der Waals surface area contributed by atoms with Gasteiger partial charge in [0.1, 0.15) is 12.3 Å². The van der Waals surface area contributed by atoms with Crippen molar-refractivity contribution in [2.45, 2.75) is 57.8 Å². The molecule has 39 heavy (non-hydrogen) atoms. The predicted octanol–water partition coefficient (Wildman–Crippen LogP) is 7.19. The second-order valence-electron chi connectivity index (χ2n) is 11.7. The van der Waals surface area contributed by atoms with Gasteiger partial charge in [-0.3, -0.25) is 19.3 Å². The lowest BCUT2D eigenvalue weighted by Crippen LogP contribution is -2.48. The molecule has 3 amide bonds. The summed E-state index contributed by atoms with van der Waals surface area (Å²) in [6.07, 6.45) is 9.61. The zero-order valence-corrected chi connectivity index (χ0v) is 23.9. The van der Waals surface area contributed by atoms with E-state index in [1.807, 2.05) is 19.9 Å². The second kappa shape index (κ2) is 10.3. The molecule has 4 saturated carbocycles. The maximum atomic E-state index is 13.3. The molecule has 8 heteroatoms. The third kappa shape index (κ3) is 5.11. The fourth-order valence-corrected chi connectivity index (χ4v) is 8.58. The van der Waals surface area contributed by atoms with Gasteiger partial charge >= 0.3 is 0 Å². The quantitative estimate of drug-likeness (QED) is 0.360. The summed E-state index contributed by atoms with van der Waals surface area (Å²) >= 11 is 6.92. The molecule has 1 aliphatic heterocycles. The van der Waals surface area contributed by atoms with Crippen LogP contribution in [0.15, 0.2) is 41.3 Å². The molecule has 0 aromatic heterocycles. The summed E-state index contributed by atoms with van der Waals surface area (Å²) in [5.74, 6) is 2.25. The largest absolute Gasteiger partial charge is 0.493 e. The Morgan fingerprint density at radius 1 is 1.10 bits per heavy atom. The van der Waals surface area contributed by atoms with Crippen molar-refractivity contribution in [3.05, 3.63) is 63.0 Å². The first-order valence-electron chi connectivity index (χ1n) is 13.8. The number of carbonyl (C=O) groups is 3. The third-order valence-corrected chi connectivity index (χ3v) is 10.0. The standard InChI is InChI=1S/C31H33ClN2O4S/c1-3-38-26-7-5-23(31-14-19-8-20(15-31)10-21(9-19)16-31)11-22(26)12-27-29(36)34(30(37)39-27)17-28(35)33-25-13-24(32)6-4-18(25)2/h4-7,11-13,19-21H,3,8-10,14-17H2,1-2H3,(H,33,35)/b27-12+. The Kier molecular flexibility index (Phi) is 7.00. The molecular weight excluding hydrogens is 532 g/mol. The molecule has 2 aromatic rings. The maximum absolute atomic E-state index is 13.3. The highest BCUT2D eigenvalue weighted by Crippen LogP contribution is 2.61. The van der Waals surface area contributed by atoms with Crippen LogP contribution in [0.2, 0.25) is 5.02 Å². The topological polar surface area (TPSA) is 75.7 Å². The van der Waals surface area contributed by atoms with Crippen LogP contribution in [0.1, 0.15) is 62.1 Å². The molecule has 1 heterocycles. The summed E-state index contributed by atoms with van der Waals surface area (Å²) < 4.78 is 5.92. The van der Waals surface area contributed by atoms with Crippen molar-refractivity contribution in [1.82, 2.24) is 4.90 Å². The predicted molar refractivity (Wildman–Crippen MR) is 155 cm³/mol. The van der Waals surface area contributed by atoms with Gasteiger partial charge < -0.3 is 10.1 Å². The number of thioether (sulfide) groups is 1. The van der Waals surface area contributed by atoms with Gasteiger partial charge in [0.15, 0.2) is 0 Å². The highest BCUT2D eigenvalue weighted by Gasteiger charge is 2.51. The second-order valence-corrected chi connectivity index (χ2v) is 13.1. The van der Waals surface area contributed by atoms with E-state index in [-0.39, 0.29) is 12.0 Å². The summed E-state index contributed by atoms with van der Waals surface area (Å²) in [6.45, 7) is 3.93. The lowest BCUT2D eigenvalue weighted by molar-refractivity contribution is -0.127. The molecule has 4 aliphatic carbocycles. The molecule has 1 saturated heterocycles. The van der Waals surface area contributed by atoms with Gasteiger partial charge in [0, 0.05) is 16.3 Å². The average Bonchev–Trinajstić information content (AvgIpc) is 3.13. The van der Waals surface area contributed by atoms with Crippen molar-refractivity contribution in [2.24, 2.45) is 17.8 Å². The van der Waals surface area contributed by atoms with Gasteiger partial charge in [-0.25, -0.2) is 0 Å². The molecule has 204 valence electrons. The number of aryl methyl sites for hydroxylation is 1. The van der Waals surface area contributed by atoms with Crippen LogP contribution in [0.4, 0.5) is 10.5 Å². The summed E-state index contributed by atoms with van der Waals surface area (Å²) in [4.78, 5) is 40.1. The Hall–Kier alpha value is -2.77. The molecule has 2 aromatic carbocycles. The number of imide groups is 1. The van der Waals surface area contributed by atoms with Crippen LogP contribution < -0.4 is 10.1 Å². The van der Waals surface area contributed by atoms with E-state index < -0.39 is 17.1 Å². The van der Waals surface area contributed by atoms with Crippen molar-refractivity contribution in [1.29, 1.82) is 0 Å². The van der Waals surface area contributed by atoms with Crippen molar-refractivity contribution < 1.29 is 19.1 Å². The fraction of sp³-hybridized carbons (Fsp3) is 0.452. The van der Waals surface area contributed by atoms with Crippen LogP contribution in [-0.2, 0) is 15.0 Å². The Morgan fingerprint density at radius 3 is 2.46 bits per heavy atom. The van der Waals surface area contributed by atoms with Crippen LogP contribution in [0.3, 0.4) is 0 Å². The van der Waals surface area contributed by atoms with Gasteiger partial charge in [-0.05, 0) is 129 Å². The van der Waals surface area contributed by atoms with E-state index >= 15 is 0 Å². The number of halogens is 1. The van der Waals surface area contributed by atoms with E-state index in [4.69, 9.17) is 16.3 Å².